The van der Waals surface area contributed by atoms with Gasteiger partial charge in [-0.3, -0.25) is 0 Å². The van der Waals surface area contributed by atoms with Crippen molar-refractivity contribution in [3.8, 4) is 0 Å². The van der Waals surface area contributed by atoms with E-state index in [2.05, 4.69) is 5.32 Å². The number of halogens is 3. The number of hydrogen-bond donors (Lipinski definition) is 1. The molecule has 100 valence electrons. The highest BCUT2D eigenvalue weighted by Crippen LogP contribution is 2.26. The molecule has 1 unspecified atom stereocenters. The molecular weight excluding hydrogens is 268 g/mol. The first-order chi connectivity index (χ1) is 9.13. The van der Waals surface area contributed by atoms with Crippen molar-refractivity contribution < 1.29 is 8.78 Å². The van der Waals surface area contributed by atoms with E-state index in [-0.39, 0.29) is 16.9 Å². The van der Waals surface area contributed by atoms with Gasteiger partial charge in [-0.25, -0.2) is 8.78 Å². The van der Waals surface area contributed by atoms with Crippen molar-refractivity contribution in [3.63, 3.8) is 0 Å². The minimum absolute atomic E-state index is 0.0964. The first-order valence-electron chi connectivity index (χ1n) is 5.98. The van der Waals surface area contributed by atoms with E-state index in [9.17, 15) is 8.78 Å². The van der Waals surface area contributed by atoms with Crippen LogP contribution in [-0.2, 0) is 6.42 Å². The van der Waals surface area contributed by atoms with Gasteiger partial charge in [-0.1, -0.05) is 41.9 Å². The molecule has 2 aromatic carbocycles. The number of nitrogens with one attached hydrogen (secondary N) is 1. The Morgan fingerprint density at radius 2 is 1.74 bits per heavy atom. The fourth-order valence-corrected chi connectivity index (χ4v) is 2.25. The lowest BCUT2D eigenvalue weighted by Gasteiger charge is -2.18. The molecule has 19 heavy (non-hydrogen) atoms. The molecule has 0 amide bonds. The van der Waals surface area contributed by atoms with E-state index in [1.807, 2.05) is 0 Å². The second-order valence-corrected chi connectivity index (χ2v) is 4.66. The summed E-state index contributed by atoms with van der Waals surface area (Å²) in [6.45, 7) is 0. The Hall–Kier alpha value is -1.45. The van der Waals surface area contributed by atoms with Gasteiger partial charge in [0.25, 0.3) is 0 Å². The van der Waals surface area contributed by atoms with E-state index in [4.69, 9.17) is 11.6 Å². The fraction of sp³-hybridized carbons (Fsp3) is 0.200. The van der Waals surface area contributed by atoms with Crippen LogP contribution in [-0.4, -0.2) is 7.05 Å². The Kier molecular flexibility index (Phi) is 4.51. The van der Waals surface area contributed by atoms with Crippen LogP contribution in [0.1, 0.15) is 17.2 Å². The van der Waals surface area contributed by atoms with Crippen LogP contribution in [0, 0.1) is 11.6 Å². The molecule has 4 heteroatoms. The van der Waals surface area contributed by atoms with Gasteiger partial charge >= 0.3 is 0 Å². The van der Waals surface area contributed by atoms with Gasteiger partial charge in [-0.2, -0.15) is 0 Å². The van der Waals surface area contributed by atoms with E-state index in [1.54, 1.807) is 37.4 Å². The molecule has 2 aromatic rings. The third-order valence-electron chi connectivity index (χ3n) is 3.08. The molecule has 0 heterocycles. The topological polar surface area (TPSA) is 12.0 Å². The highest BCUT2D eigenvalue weighted by atomic mass is 35.5. The maximum absolute atomic E-state index is 13.8. The van der Waals surface area contributed by atoms with E-state index in [1.165, 1.54) is 12.1 Å². The van der Waals surface area contributed by atoms with Crippen molar-refractivity contribution in [2.45, 2.75) is 12.5 Å². The summed E-state index contributed by atoms with van der Waals surface area (Å²) in [6.07, 6.45) is 0.425. The monoisotopic (exact) mass is 281 g/mol. The van der Waals surface area contributed by atoms with Gasteiger partial charge in [0.2, 0.25) is 0 Å². The fourth-order valence-electron chi connectivity index (χ4n) is 2.05. The van der Waals surface area contributed by atoms with Crippen LogP contribution in [0.3, 0.4) is 0 Å². The summed E-state index contributed by atoms with van der Waals surface area (Å²) in [6, 6.07) is 10.9. The Morgan fingerprint density at radius 3 is 2.42 bits per heavy atom. The summed E-state index contributed by atoms with van der Waals surface area (Å²) < 4.78 is 27.2. The van der Waals surface area contributed by atoms with Crippen LogP contribution in [0.2, 0.25) is 5.02 Å². The lowest BCUT2D eigenvalue weighted by atomic mass is 9.98. The summed E-state index contributed by atoms with van der Waals surface area (Å²) in [5.41, 5.74) is 1.20. The van der Waals surface area contributed by atoms with Crippen molar-refractivity contribution >= 4 is 11.6 Å². The molecule has 0 spiro atoms. The van der Waals surface area contributed by atoms with Crippen LogP contribution >= 0.6 is 11.6 Å². The molecule has 0 aromatic heterocycles. The molecular formula is C15H14ClF2N. The van der Waals surface area contributed by atoms with Crippen LogP contribution in [0.25, 0.3) is 0 Å². The van der Waals surface area contributed by atoms with E-state index in [0.717, 1.165) is 0 Å². The van der Waals surface area contributed by atoms with Gasteiger partial charge in [0.15, 0.2) is 0 Å². The molecule has 0 saturated heterocycles. The van der Waals surface area contributed by atoms with E-state index >= 15 is 0 Å². The summed E-state index contributed by atoms with van der Waals surface area (Å²) in [4.78, 5) is 0. The van der Waals surface area contributed by atoms with Crippen molar-refractivity contribution in [2.75, 3.05) is 7.05 Å². The molecule has 0 aliphatic carbocycles. The Balaban J connectivity index is 2.30. The number of hydrogen-bond acceptors (Lipinski definition) is 1. The van der Waals surface area contributed by atoms with Gasteiger partial charge in [-0.15, -0.1) is 0 Å². The molecule has 0 aliphatic heterocycles. The quantitative estimate of drug-likeness (QED) is 0.889. The van der Waals surface area contributed by atoms with Crippen molar-refractivity contribution in [3.05, 3.63) is 70.2 Å². The van der Waals surface area contributed by atoms with Gasteiger partial charge in [0.1, 0.15) is 11.6 Å². The zero-order valence-corrected chi connectivity index (χ0v) is 11.2. The van der Waals surface area contributed by atoms with Crippen molar-refractivity contribution in [1.29, 1.82) is 0 Å². The summed E-state index contributed by atoms with van der Waals surface area (Å²) in [5.74, 6) is -0.739. The van der Waals surface area contributed by atoms with Crippen LogP contribution in [0.4, 0.5) is 8.78 Å². The molecule has 0 saturated carbocycles. The lowest BCUT2D eigenvalue weighted by Crippen LogP contribution is -2.20. The first-order valence-corrected chi connectivity index (χ1v) is 6.36. The number of benzene rings is 2. The average molecular weight is 282 g/mol. The van der Waals surface area contributed by atoms with Crippen molar-refractivity contribution in [1.82, 2.24) is 5.32 Å². The summed E-state index contributed by atoms with van der Waals surface area (Å²) in [7, 11) is 1.74. The average Bonchev–Trinajstić information content (AvgIpc) is 2.41. The Morgan fingerprint density at radius 1 is 1.05 bits per heavy atom. The number of rotatable bonds is 4. The normalized spacial score (nSPS) is 12.4. The third-order valence-corrected chi connectivity index (χ3v) is 3.51. The maximum Gasteiger partial charge on any atom is 0.142 e. The maximum atomic E-state index is 13.8. The van der Waals surface area contributed by atoms with Crippen LogP contribution in [0.15, 0.2) is 42.5 Å². The van der Waals surface area contributed by atoms with E-state index < -0.39 is 5.82 Å². The predicted octanol–water partition coefficient (Wildman–Crippen LogP) is 4.12. The Labute approximate surface area is 116 Å². The third kappa shape index (κ3) is 3.11. The number of likely N-dealkylation sites (N-methyl/N-ethyl adjacent to an activating group) is 1. The van der Waals surface area contributed by atoms with Gasteiger partial charge in [0.05, 0.1) is 5.02 Å². The summed E-state index contributed by atoms with van der Waals surface area (Å²) >= 11 is 5.92. The van der Waals surface area contributed by atoms with Crippen LogP contribution in [0.5, 0.6) is 0 Å². The molecule has 0 aliphatic rings. The predicted molar refractivity (Wildman–Crippen MR) is 73.3 cm³/mol. The zero-order valence-electron chi connectivity index (χ0n) is 10.5. The summed E-state index contributed by atoms with van der Waals surface area (Å²) in [5, 5.41) is 3.13. The largest absolute Gasteiger partial charge is 0.313 e. The second-order valence-electron chi connectivity index (χ2n) is 4.28. The minimum Gasteiger partial charge on any atom is -0.313 e. The SMILES string of the molecule is CNC(Cc1cccc(F)c1Cl)c1ccccc1F. The Bertz CT molecular complexity index is 572. The molecule has 0 radical (unpaired) electrons. The molecule has 0 fully saturated rings. The van der Waals surface area contributed by atoms with Crippen molar-refractivity contribution in [2.24, 2.45) is 0 Å². The zero-order chi connectivity index (χ0) is 13.8. The minimum atomic E-state index is -0.456. The van der Waals surface area contributed by atoms with Gasteiger partial charge in [0, 0.05) is 11.6 Å². The standard InChI is InChI=1S/C15H14ClF2N/c1-19-14(11-6-2-3-7-12(11)17)9-10-5-4-8-13(18)15(10)16/h2-8,14,19H,9H2,1H3. The molecule has 2 rings (SSSR count). The second kappa shape index (κ2) is 6.13. The first kappa shape index (κ1) is 14.0. The molecule has 0 bridgehead atoms. The molecule has 1 nitrogen and oxygen atoms in total. The smallest absolute Gasteiger partial charge is 0.142 e. The molecule has 1 atom stereocenters. The molecule has 1 N–H and O–H groups in total. The highest BCUT2D eigenvalue weighted by molar-refractivity contribution is 6.31. The van der Waals surface area contributed by atoms with Crippen LogP contribution < -0.4 is 5.32 Å². The van der Waals surface area contributed by atoms with Gasteiger partial charge in [-0.05, 0) is 31.2 Å². The lowest BCUT2D eigenvalue weighted by molar-refractivity contribution is 0.532. The van der Waals surface area contributed by atoms with E-state index in [0.29, 0.717) is 17.5 Å². The van der Waals surface area contributed by atoms with Gasteiger partial charge < -0.3 is 5.32 Å². The highest BCUT2D eigenvalue weighted by Gasteiger charge is 2.16.